The van der Waals surface area contributed by atoms with Crippen LogP contribution in [0.4, 0.5) is 4.39 Å². The van der Waals surface area contributed by atoms with E-state index in [-0.39, 0.29) is 23.3 Å². The minimum Gasteiger partial charge on any atom is -0.311 e. The summed E-state index contributed by atoms with van der Waals surface area (Å²) in [4.78, 5) is 39.9. The van der Waals surface area contributed by atoms with E-state index in [1.165, 1.54) is 29.4 Å². The molecule has 1 aliphatic carbocycles. The van der Waals surface area contributed by atoms with Crippen LogP contribution in [0.3, 0.4) is 0 Å². The standard InChI is InChI=1S/C27H28FN5O2/c28-21-11-12-22(29-15-21)14-24(34)23(13-19-7-3-1-4-8-19)33-18-31-26-25(27(33)35)30-17-32(26)16-20-9-5-2-6-10-20/h2,5-6,9-12,15,17-19,23H,1,3-4,7-8,13-14,16H2. The number of pyridine rings is 1. The molecule has 0 N–H and O–H groups in total. The Kier molecular flexibility index (Phi) is 6.79. The Morgan fingerprint density at radius 3 is 2.54 bits per heavy atom. The maximum Gasteiger partial charge on any atom is 0.282 e. The fraction of sp³-hybridized carbons (Fsp3) is 0.370. The van der Waals surface area contributed by atoms with E-state index < -0.39 is 11.9 Å². The number of aromatic nitrogens is 5. The summed E-state index contributed by atoms with van der Waals surface area (Å²) in [6.07, 6.45) is 10.4. The van der Waals surface area contributed by atoms with Gasteiger partial charge in [-0.3, -0.25) is 19.1 Å². The lowest BCUT2D eigenvalue weighted by Gasteiger charge is -2.27. The average Bonchev–Trinajstić information content (AvgIpc) is 3.29. The van der Waals surface area contributed by atoms with Crippen LogP contribution >= 0.6 is 0 Å². The first-order valence-corrected chi connectivity index (χ1v) is 12.2. The molecule has 0 aliphatic heterocycles. The quantitative estimate of drug-likeness (QED) is 0.376. The molecule has 180 valence electrons. The van der Waals surface area contributed by atoms with Crippen LogP contribution in [0.5, 0.6) is 0 Å². The summed E-state index contributed by atoms with van der Waals surface area (Å²) in [5, 5.41) is 0. The fourth-order valence-corrected chi connectivity index (χ4v) is 5.02. The zero-order valence-corrected chi connectivity index (χ0v) is 19.5. The topological polar surface area (TPSA) is 82.7 Å². The van der Waals surface area contributed by atoms with Gasteiger partial charge in [0.1, 0.15) is 12.1 Å². The van der Waals surface area contributed by atoms with Crippen LogP contribution in [0.25, 0.3) is 11.2 Å². The number of hydrogen-bond donors (Lipinski definition) is 0. The zero-order valence-electron chi connectivity index (χ0n) is 19.5. The molecule has 0 bridgehead atoms. The van der Waals surface area contributed by atoms with Gasteiger partial charge < -0.3 is 4.57 Å². The highest BCUT2D eigenvalue weighted by Crippen LogP contribution is 2.31. The maximum atomic E-state index is 13.5. The minimum atomic E-state index is -0.659. The number of rotatable bonds is 8. The first kappa shape index (κ1) is 23.1. The second-order valence-corrected chi connectivity index (χ2v) is 9.35. The predicted molar refractivity (Wildman–Crippen MR) is 130 cm³/mol. The van der Waals surface area contributed by atoms with E-state index in [0.717, 1.165) is 37.4 Å². The Hall–Kier alpha value is -3.68. The molecule has 0 radical (unpaired) electrons. The van der Waals surface area contributed by atoms with E-state index in [4.69, 9.17) is 0 Å². The summed E-state index contributed by atoms with van der Waals surface area (Å²) in [7, 11) is 0. The van der Waals surface area contributed by atoms with Crippen LogP contribution in [0.15, 0.2) is 66.1 Å². The van der Waals surface area contributed by atoms with Crippen molar-refractivity contribution in [1.82, 2.24) is 24.1 Å². The number of nitrogens with zero attached hydrogens (tertiary/aromatic N) is 5. The second kappa shape index (κ2) is 10.3. The number of ketones is 1. The Balaban J connectivity index is 1.46. The van der Waals surface area contributed by atoms with Crippen molar-refractivity contribution in [1.29, 1.82) is 0 Å². The Morgan fingerprint density at radius 1 is 1.00 bits per heavy atom. The number of benzene rings is 1. The van der Waals surface area contributed by atoms with Gasteiger partial charge in [0.15, 0.2) is 16.9 Å². The number of halogens is 1. The minimum absolute atomic E-state index is 0.0323. The molecule has 1 aliphatic rings. The van der Waals surface area contributed by atoms with E-state index in [1.807, 2.05) is 34.9 Å². The van der Waals surface area contributed by atoms with Gasteiger partial charge in [-0.1, -0.05) is 62.4 Å². The summed E-state index contributed by atoms with van der Waals surface area (Å²) >= 11 is 0. The van der Waals surface area contributed by atoms with Crippen LogP contribution in [-0.4, -0.2) is 29.9 Å². The third-order valence-corrected chi connectivity index (χ3v) is 6.88. The van der Waals surface area contributed by atoms with Gasteiger partial charge in [-0.25, -0.2) is 14.4 Å². The number of carbonyl (C=O) groups is 1. The van der Waals surface area contributed by atoms with Crippen molar-refractivity contribution in [3.05, 3.63) is 88.7 Å². The van der Waals surface area contributed by atoms with Crippen LogP contribution in [-0.2, 0) is 17.8 Å². The van der Waals surface area contributed by atoms with E-state index in [1.54, 1.807) is 6.33 Å². The highest BCUT2D eigenvalue weighted by Gasteiger charge is 2.28. The van der Waals surface area contributed by atoms with Crippen LogP contribution < -0.4 is 5.56 Å². The molecule has 1 unspecified atom stereocenters. The molecular weight excluding hydrogens is 445 g/mol. The molecule has 1 fully saturated rings. The largest absolute Gasteiger partial charge is 0.311 e. The molecule has 3 aromatic heterocycles. The Labute approximate surface area is 202 Å². The molecule has 1 aromatic carbocycles. The first-order valence-electron chi connectivity index (χ1n) is 12.2. The van der Waals surface area contributed by atoms with Crippen LogP contribution in [0.1, 0.15) is 55.8 Å². The lowest BCUT2D eigenvalue weighted by atomic mass is 9.83. The van der Waals surface area contributed by atoms with E-state index in [2.05, 4.69) is 15.0 Å². The second-order valence-electron chi connectivity index (χ2n) is 9.35. The fourth-order valence-electron chi connectivity index (χ4n) is 5.02. The Morgan fingerprint density at radius 2 is 1.80 bits per heavy atom. The summed E-state index contributed by atoms with van der Waals surface area (Å²) in [5.41, 5.74) is 2.00. The van der Waals surface area contributed by atoms with Gasteiger partial charge in [0.05, 0.1) is 31.5 Å². The molecule has 0 saturated heterocycles. The van der Waals surface area contributed by atoms with Gasteiger partial charge in [-0.2, -0.15) is 0 Å². The molecule has 35 heavy (non-hydrogen) atoms. The number of carbonyl (C=O) groups excluding carboxylic acids is 1. The summed E-state index contributed by atoms with van der Waals surface area (Å²) < 4.78 is 16.6. The molecule has 0 spiro atoms. The highest BCUT2D eigenvalue weighted by atomic mass is 19.1. The summed E-state index contributed by atoms with van der Waals surface area (Å²) in [6, 6.07) is 12.1. The predicted octanol–water partition coefficient (Wildman–Crippen LogP) is 4.50. The first-order chi connectivity index (χ1) is 17.1. The average molecular weight is 474 g/mol. The molecule has 7 nitrogen and oxygen atoms in total. The summed E-state index contributed by atoms with van der Waals surface area (Å²) in [6.45, 7) is 0.550. The van der Waals surface area contributed by atoms with Crippen molar-refractivity contribution in [2.75, 3.05) is 0 Å². The number of imidazole rings is 1. The number of fused-ring (bicyclic) bond motifs is 1. The van der Waals surface area contributed by atoms with Gasteiger partial charge in [-0.05, 0) is 30.0 Å². The van der Waals surface area contributed by atoms with Crippen LogP contribution in [0.2, 0.25) is 0 Å². The molecule has 4 aromatic rings. The van der Waals surface area contributed by atoms with Gasteiger partial charge >= 0.3 is 0 Å². The Bertz CT molecular complexity index is 1360. The van der Waals surface area contributed by atoms with Crippen LogP contribution in [0, 0.1) is 11.7 Å². The van der Waals surface area contributed by atoms with Gasteiger partial charge in [0.2, 0.25) is 0 Å². The molecule has 1 saturated carbocycles. The lowest BCUT2D eigenvalue weighted by molar-refractivity contribution is -0.122. The molecule has 3 heterocycles. The molecule has 8 heteroatoms. The molecular formula is C27H28FN5O2. The van der Waals surface area contributed by atoms with Crippen molar-refractivity contribution in [2.24, 2.45) is 5.92 Å². The van der Waals surface area contributed by atoms with Crippen molar-refractivity contribution < 1.29 is 9.18 Å². The smallest absolute Gasteiger partial charge is 0.282 e. The van der Waals surface area contributed by atoms with Gasteiger partial charge in [-0.15, -0.1) is 0 Å². The van der Waals surface area contributed by atoms with Gasteiger partial charge in [0.25, 0.3) is 5.56 Å². The van der Waals surface area contributed by atoms with Gasteiger partial charge in [0, 0.05) is 5.69 Å². The van der Waals surface area contributed by atoms with E-state index in [9.17, 15) is 14.0 Å². The number of Topliss-reactive ketones (excluding diaryl/α,β-unsaturated/α-hetero) is 1. The number of hydrogen-bond acceptors (Lipinski definition) is 5. The lowest BCUT2D eigenvalue weighted by Crippen LogP contribution is -2.33. The monoisotopic (exact) mass is 473 g/mol. The molecule has 1 atom stereocenters. The molecule has 0 amide bonds. The third kappa shape index (κ3) is 5.21. The SMILES string of the molecule is O=C(Cc1ccc(F)cn1)C(CC1CCCCC1)n1cnc2c(ncn2Cc2ccccc2)c1=O. The van der Waals surface area contributed by atoms with Crippen molar-refractivity contribution in [2.45, 2.75) is 57.5 Å². The third-order valence-electron chi connectivity index (χ3n) is 6.88. The van der Waals surface area contributed by atoms with E-state index in [0.29, 0.717) is 30.2 Å². The van der Waals surface area contributed by atoms with Crippen molar-refractivity contribution in [3.8, 4) is 0 Å². The van der Waals surface area contributed by atoms with E-state index >= 15 is 0 Å². The van der Waals surface area contributed by atoms with Crippen molar-refractivity contribution >= 4 is 16.9 Å². The highest BCUT2D eigenvalue weighted by molar-refractivity contribution is 5.84. The maximum absolute atomic E-state index is 13.5. The molecule has 5 rings (SSSR count). The van der Waals surface area contributed by atoms with Crippen molar-refractivity contribution in [3.63, 3.8) is 0 Å². The normalized spacial score (nSPS) is 15.3. The summed E-state index contributed by atoms with van der Waals surface area (Å²) in [5.74, 6) is -0.198. The zero-order chi connectivity index (χ0) is 24.2.